The molecule has 0 aliphatic rings. The van der Waals surface area contributed by atoms with E-state index in [0.29, 0.717) is 29.9 Å². The van der Waals surface area contributed by atoms with E-state index in [1.54, 1.807) is 0 Å². The van der Waals surface area contributed by atoms with Gasteiger partial charge in [-0.1, -0.05) is 32.4 Å². The first kappa shape index (κ1) is 18.1. The number of rotatable bonds is 6. The van der Waals surface area contributed by atoms with Crippen molar-refractivity contribution >= 4 is 5.91 Å². The summed E-state index contributed by atoms with van der Waals surface area (Å²) in [5.74, 6) is 0.0403. The van der Waals surface area contributed by atoms with Gasteiger partial charge in [-0.3, -0.25) is 4.79 Å². The van der Waals surface area contributed by atoms with Crippen molar-refractivity contribution in [2.24, 2.45) is 0 Å². The third kappa shape index (κ3) is 3.99. The molecule has 1 heterocycles. The molecule has 130 valence electrons. The molecule has 0 spiro atoms. The van der Waals surface area contributed by atoms with Crippen LogP contribution in [0.4, 0.5) is 13.2 Å². The molecular formula is C18H20F3NO2. The van der Waals surface area contributed by atoms with E-state index in [1.165, 1.54) is 18.4 Å². The zero-order chi connectivity index (χ0) is 17.7. The van der Waals surface area contributed by atoms with Crippen LogP contribution in [0.1, 0.15) is 48.2 Å². The summed E-state index contributed by atoms with van der Waals surface area (Å²) in [6, 6.07) is 4.62. The third-order valence-corrected chi connectivity index (χ3v) is 3.77. The maximum atomic E-state index is 12.7. The molecule has 24 heavy (non-hydrogen) atoms. The number of aryl methyl sites for hydroxylation is 1. The molecule has 0 atom stereocenters. The Labute approximate surface area is 138 Å². The van der Waals surface area contributed by atoms with Crippen molar-refractivity contribution in [1.82, 2.24) is 5.32 Å². The summed E-state index contributed by atoms with van der Waals surface area (Å²) in [5.41, 5.74) is 0.845. The standard InChI is InChI=1S/C18H20F3NO2/c1-3-5-10-22-17(23)15-12(4-2)11-24-16(15)13-6-8-14(9-7-13)18(19,20)21/h6-9,11H,3-5,10H2,1-2H3,(H,22,23). The van der Waals surface area contributed by atoms with Crippen LogP contribution in [0.3, 0.4) is 0 Å². The highest BCUT2D eigenvalue weighted by Crippen LogP contribution is 2.33. The van der Waals surface area contributed by atoms with Crippen LogP contribution in [0.15, 0.2) is 34.9 Å². The Bertz CT molecular complexity index is 687. The molecule has 1 aromatic carbocycles. The largest absolute Gasteiger partial charge is 0.463 e. The van der Waals surface area contributed by atoms with Crippen LogP contribution in [0.25, 0.3) is 11.3 Å². The highest BCUT2D eigenvalue weighted by Gasteiger charge is 2.30. The Kier molecular flexibility index (Phi) is 5.70. The summed E-state index contributed by atoms with van der Waals surface area (Å²) < 4.78 is 43.5. The first-order valence-electron chi connectivity index (χ1n) is 7.94. The second kappa shape index (κ2) is 7.55. The number of unbranched alkanes of at least 4 members (excludes halogenated alkanes) is 1. The number of hydrogen-bond acceptors (Lipinski definition) is 2. The summed E-state index contributed by atoms with van der Waals surface area (Å²) in [5, 5.41) is 2.83. The smallest absolute Gasteiger partial charge is 0.416 e. The fourth-order valence-electron chi connectivity index (χ4n) is 2.39. The predicted molar refractivity (Wildman–Crippen MR) is 85.8 cm³/mol. The highest BCUT2D eigenvalue weighted by atomic mass is 19.4. The number of nitrogens with one attached hydrogen (secondary N) is 1. The molecule has 0 unspecified atom stereocenters. The second-order valence-electron chi connectivity index (χ2n) is 5.50. The SMILES string of the molecule is CCCCNC(=O)c1c(CC)coc1-c1ccc(C(F)(F)F)cc1. The van der Waals surface area contributed by atoms with Crippen molar-refractivity contribution in [1.29, 1.82) is 0 Å². The molecule has 0 radical (unpaired) electrons. The number of carbonyl (C=O) groups is 1. The van der Waals surface area contributed by atoms with Gasteiger partial charge in [0.2, 0.25) is 0 Å². The van der Waals surface area contributed by atoms with E-state index >= 15 is 0 Å². The van der Waals surface area contributed by atoms with Gasteiger partial charge in [0.1, 0.15) is 5.76 Å². The number of alkyl halides is 3. The number of carbonyl (C=O) groups excluding carboxylic acids is 1. The van der Waals surface area contributed by atoms with E-state index in [9.17, 15) is 18.0 Å². The molecule has 1 N–H and O–H groups in total. The highest BCUT2D eigenvalue weighted by molar-refractivity contribution is 6.01. The van der Waals surface area contributed by atoms with Gasteiger partial charge in [-0.2, -0.15) is 13.2 Å². The average molecular weight is 339 g/mol. The molecule has 0 aliphatic heterocycles. The zero-order valence-electron chi connectivity index (χ0n) is 13.7. The van der Waals surface area contributed by atoms with Crippen LogP contribution in [0, 0.1) is 0 Å². The van der Waals surface area contributed by atoms with Crippen LogP contribution in [0.2, 0.25) is 0 Å². The zero-order valence-corrected chi connectivity index (χ0v) is 13.7. The minimum Gasteiger partial charge on any atom is -0.463 e. The van der Waals surface area contributed by atoms with E-state index in [0.717, 1.165) is 30.5 Å². The maximum absolute atomic E-state index is 12.7. The fraction of sp³-hybridized carbons (Fsp3) is 0.389. The molecule has 1 amide bonds. The Morgan fingerprint density at radius 3 is 2.38 bits per heavy atom. The quantitative estimate of drug-likeness (QED) is 0.748. The van der Waals surface area contributed by atoms with Gasteiger partial charge in [0, 0.05) is 17.7 Å². The van der Waals surface area contributed by atoms with Crippen molar-refractivity contribution in [2.75, 3.05) is 6.54 Å². The van der Waals surface area contributed by atoms with Gasteiger partial charge in [-0.05, 0) is 25.0 Å². The summed E-state index contributed by atoms with van der Waals surface area (Å²) in [6.45, 7) is 4.47. The summed E-state index contributed by atoms with van der Waals surface area (Å²) in [7, 11) is 0. The lowest BCUT2D eigenvalue weighted by Crippen LogP contribution is -2.25. The number of amides is 1. The van der Waals surface area contributed by atoms with Crippen molar-refractivity contribution in [3.05, 3.63) is 47.2 Å². The third-order valence-electron chi connectivity index (χ3n) is 3.77. The fourth-order valence-corrected chi connectivity index (χ4v) is 2.39. The van der Waals surface area contributed by atoms with E-state index in [-0.39, 0.29) is 5.91 Å². The summed E-state index contributed by atoms with van der Waals surface area (Å²) in [4.78, 5) is 12.4. The summed E-state index contributed by atoms with van der Waals surface area (Å²) in [6.07, 6.45) is -0.488. The number of furan rings is 1. The number of halogens is 3. The minimum atomic E-state index is -4.39. The number of hydrogen-bond donors (Lipinski definition) is 1. The molecule has 1 aromatic heterocycles. The Balaban J connectivity index is 2.33. The van der Waals surface area contributed by atoms with Gasteiger partial charge in [0.15, 0.2) is 0 Å². The van der Waals surface area contributed by atoms with Crippen molar-refractivity contribution < 1.29 is 22.4 Å². The van der Waals surface area contributed by atoms with Crippen molar-refractivity contribution in [3.8, 4) is 11.3 Å². The van der Waals surface area contributed by atoms with Crippen LogP contribution in [0.5, 0.6) is 0 Å². The monoisotopic (exact) mass is 339 g/mol. The lowest BCUT2D eigenvalue weighted by Gasteiger charge is -2.09. The lowest BCUT2D eigenvalue weighted by molar-refractivity contribution is -0.137. The first-order valence-corrected chi connectivity index (χ1v) is 7.94. The predicted octanol–water partition coefficient (Wildman–Crippen LogP) is 5.06. The molecule has 0 saturated carbocycles. The van der Waals surface area contributed by atoms with E-state index in [4.69, 9.17) is 4.42 Å². The van der Waals surface area contributed by atoms with Crippen LogP contribution in [-0.2, 0) is 12.6 Å². The Morgan fingerprint density at radius 2 is 1.83 bits per heavy atom. The Hall–Kier alpha value is -2.24. The van der Waals surface area contributed by atoms with E-state index in [1.807, 2.05) is 13.8 Å². The van der Waals surface area contributed by atoms with Gasteiger partial charge >= 0.3 is 6.18 Å². The van der Waals surface area contributed by atoms with Gasteiger partial charge in [-0.25, -0.2) is 0 Å². The van der Waals surface area contributed by atoms with Crippen molar-refractivity contribution in [2.45, 2.75) is 39.3 Å². The van der Waals surface area contributed by atoms with E-state index in [2.05, 4.69) is 5.32 Å². The Morgan fingerprint density at radius 1 is 1.17 bits per heavy atom. The average Bonchev–Trinajstić information content (AvgIpc) is 2.98. The molecule has 2 aromatic rings. The maximum Gasteiger partial charge on any atom is 0.416 e. The van der Waals surface area contributed by atoms with Gasteiger partial charge in [0.05, 0.1) is 17.4 Å². The molecule has 0 saturated heterocycles. The van der Waals surface area contributed by atoms with E-state index < -0.39 is 11.7 Å². The number of benzene rings is 1. The molecule has 0 bridgehead atoms. The van der Waals surface area contributed by atoms with Crippen LogP contribution in [-0.4, -0.2) is 12.5 Å². The van der Waals surface area contributed by atoms with Crippen molar-refractivity contribution in [3.63, 3.8) is 0 Å². The molecule has 3 nitrogen and oxygen atoms in total. The first-order chi connectivity index (χ1) is 11.4. The van der Waals surface area contributed by atoms with Crippen LogP contribution >= 0.6 is 0 Å². The van der Waals surface area contributed by atoms with Gasteiger partial charge in [-0.15, -0.1) is 0 Å². The molecule has 0 aliphatic carbocycles. The van der Waals surface area contributed by atoms with Crippen LogP contribution < -0.4 is 5.32 Å². The molecule has 6 heteroatoms. The van der Waals surface area contributed by atoms with Gasteiger partial charge < -0.3 is 9.73 Å². The lowest BCUT2D eigenvalue weighted by atomic mass is 10.0. The molecule has 2 rings (SSSR count). The second-order valence-corrected chi connectivity index (χ2v) is 5.50. The summed E-state index contributed by atoms with van der Waals surface area (Å²) >= 11 is 0. The normalized spacial score (nSPS) is 11.5. The molecular weight excluding hydrogens is 319 g/mol. The van der Waals surface area contributed by atoms with Gasteiger partial charge in [0.25, 0.3) is 5.91 Å². The minimum absolute atomic E-state index is 0.260. The topological polar surface area (TPSA) is 42.2 Å². The molecule has 0 fully saturated rings.